The first-order chi connectivity index (χ1) is 9.81. The van der Waals surface area contributed by atoms with Gasteiger partial charge in [0.05, 0.1) is 11.1 Å². The number of anilines is 1. The third kappa shape index (κ3) is 3.11. The first kappa shape index (κ1) is 14.8. The van der Waals surface area contributed by atoms with Gasteiger partial charge in [-0.25, -0.2) is 17.8 Å². The van der Waals surface area contributed by atoms with Crippen molar-refractivity contribution in [1.29, 1.82) is 0 Å². The summed E-state index contributed by atoms with van der Waals surface area (Å²) >= 11 is 0. The number of nitro groups is 1. The minimum absolute atomic E-state index is 0.255. The summed E-state index contributed by atoms with van der Waals surface area (Å²) in [7, 11) is -4.44. The van der Waals surface area contributed by atoms with Gasteiger partial charge in [0.2, 0.25) is 5.82 Å². The molecule has 2 rings (SSSR count). The van der Waals surface area contributed by atoms with Crippen LogP contribution in [0.3, 0.4) is 0 Å². The summed E-state index contributed by atoms with van der Waals surface area (Å²) in [5.41, 5.74) is -1.17. The molecule has 21 heavy (non-hydrogen) atoms. The molecule has 1 aromatic heterocycles. The van der Waals surface area contributed by atoms with Crippen LogP contribution in [0.4, 0.5) is 20.3 Å². The maximum atomic E-state index is 13.4. The van der Waals surface area contributed by atoms with Crippen molar-refractivity contribution in [3.05, 3.63) is 58.3 Å². The second kappa shape index (κ2) is 5.40. The molecule has 0 fully saturated rings. The summed E-state index contributed by atoms with van der Waals surface area (Å²) in [5, 5.41) is 10.8. The predicted molar refractivity (Wildman–Crippen MR) is 68.1 cm³/mol. The topological polar surface area (TPSA) is 102 Å². The molecule has 110 valence electrons. The monoisotopic (exact) mass is 315 g/mol. The number of aromatic nitrogens is 1. The number of pyridine rings is 1. The molecule has 0 bridgehead atoms. The fourth-order valence-corrected chi connectivity index (χ4v) is 2.71. The second-order valence-corrected chi connectivity index (χ2v) is 5.46. The Kier molecular flexibility index (Phi) is 3.80. The van der Waals surface area contributed by atoms with Crippen LogP contribution in [0, 0.1) is 21.7 Å². The Balaban J connectivity index is 2.47. The van der Waals surface area contributed by atoms with Crippen LogP contribution < -0.4 is 4.72 Å². The lowest BCUT2D eigenvalue weighted by Gasteiger charge is -2.07. The van der Waals surface area contributed by atoms with Crippen LogP contribution in [-0.2, 0) is 10.0 Å². The lowest BCUT2D eigenvalue weighted by Crippen LogP contribution is -2.16. The number of hydrogen-bond donors (Lipinski definition) is 1. The molecule has 0 aliphatic heterocycles. The average molecular weight is 315 g/mol. The fourth-order valence-electron chi connectivity index (χ4n) is 1.52. The molecule has 1 N–H and O–H groups in total. The molecule has 7 nitrogen and oxygen atoms in total. The molecule has 0 aliphatic rings. The zero-order chi connectivity index (χ0) is 15.6. The molecule has 0 saturated heterocycles. The van der Waals surface area contributed by atoms with Gasteiger partial charge >= 0.3 is 5.69 Å². The van der Waals surface area contributed by atoms with Crippen molar-refractivity contribution in [2.24, 2.45) is 0 Å². The molecule has 10 heteroatoms. The molecule has 1 aromatic carbocycles. The minimum Gasteiger partial charge on any atom is -0.263 e. The van der Waals surface area contributed by atoms with Crippen molar-refractivity contribution in [1.82, 2.24) is 4.98 Å². The second-order valence-electron chi connectivity index (χ2n) is 3.81. The van der Waals surface area contributed by atoms with E-state index in [0.717, 1.165) is 36.5 Å². The number of rotatable bonds is 4. The van der Waals surface area contributed by atoms with Crippen LogP contribution in [-0.4, -0.2) is 18.3 Å². The molecule has 0 saturated carbocycles. The smallest absolute Gasteiger partial charge is 0.263 e. The van der Waals surface area contributed by atoms with Gasteiger partial charge in [-0.1, -0.05) is 6.07 Å². The molecule has 0 radical (unpaired) electrons. The van der Waals surface area contributed by atoms with Crippen LogP contribution in [0.25, 0.3) is 0 Å². The zero-order valence-electron chi connectivity index (χ0n) is 10.2. The van der Waals surface area contributed by atoms with Gasteiger partial charge in [-0.05, 0) is 24.3 Å². The van der Waals surface area contributed by atoms with E-state index in [0.29, 0.717) is 0 Å². The number of para-hydroxylation sites is 1. The largest absolute Gasteiger partial charge is 0.325 e. The van der Waals surface area contributed by atoms with Crippen LogP contribution in [0.2, 0.25) is 0 Å². The molecule has 0 unspecified atom stereocenters. The molecule has 0 aliphatic carbocycles. The molecule has 0 amide bonds. The van der Waals surface area contributed by atoms with Gasteiger partial charge in [0.1, 0.15) is 11.6 Å². The molecule has 1 heterocycles. The number of sulfonamides is 1. The lowest BCUT2D eigenvalue weighted by atomic mass is 10.3. The van der Waals surface area contributed by atoms with Gasteiger partial charge in [-0.15, -0.1) is 0 Å². The van der Waals surface area contributed by atoms with E-state index >= 15 is 0 Å². The highest BCUT2D eigenvalue weighted by Gasteiger charge is 2.29. The first-order valence-electron chi connectivity index (χ1n) is 5.38. The van der Waals surface area contributed by atoms with Gasteiger partial charge < -0.3 is 0 Å². The number of nitrogens with one attached hydrogen (secondary N) is 1. The number of nitrogens with zero attached hydrogens (tertiary/aromatic N) is 2. The summed E-state index contributed by atoms with van der Waals surface area (Å²) in [6.45, 7) is 0. The quantitative estimate of drug-likeness (QED) is 0.687. The Bertz CT molecular complexity index is 794. The Morgan fingerprint density at radius 2 is 1.90 bits per heavy atom. The molecule has 2 aromatic rings. The van der Waals surface area contributed by atoms with Gasteiger partial charge in [0, 0.05) is 0 Å². The molecule has 0 atom stereocenters. The van der Waals surface area contributed by atoms with Crippen LogP contribution in [0.1, 0.15) is 0 Å². The summed E-state index contributed by atoms with van der Waals surface area (Å²) in [4.78, 5) is 12.3. The highest BCUT2D eigenvalue weighted by molar-refractivity contribution is 7.92. The average Bonchev–Trinajstić information content (AvgIpc) is 2.40. The summed E-state index contributed by atoms with van der Waals surface area (Å²) in [6, 6.07) is 4.65. The highest BCUT2D eigenvalue weighted by Crippen LogP contribution is 2.27. The van der Waals surface area contributed by atoms with Crippen LogP contribution >= 0.6 is 0 Å². The maximum absolute atomic E-state index is 13.4. The van der Waals surface area contributed by atoms with E-state index in [4.69, 9.17) is 0 Å². The predicted octanol–water partition coefficient (Wildman–Crippen LogP) is 2.07. The van der Waals surface area contributed by atoms with Crippen LogP contribution in [0.15, 0.2) is 41.4 Å². The summed E-state index contributed by atoms with van der Waals surface area (Å²) in [5.74, 6) is -2.22. The summed E-state index contributed by atoms with van der Waals surface area (Å²) < 4.78 is 52.1. The molecular weight excluding hydrogens is 308 g/mol. The van der Waals surface area contributed by atoms with Crippen molar-refractivity contribution in [2.45, 2.75) is 4.90 Å². The third-order valence-electron chi connectivity index (χ3n) is 2.39. The van der Waals surface area contributed by atoms with Gasteiger partial charge in [-0.3, -0.25) is 14.8 Å². The van der Waals surface area contributed by atoms with E-state index in [2.05, 4.69) is 4.98 Å². The third-order valence-corrected chi connectivity index (χ3v) is 3.77. The van der Waals surface area contributed by atoms with E-state index in [1.165, 1.54) is 0 Å². The van der Waals surface area contributed by atoms with Crippen molar-refractivity contribution >= 4 is 21.5 Å². The van der Waals surface area contributed by atoms with Crippen molar-refractivity contribution in [2.75, 3.05) is 4.72 Å². The lowest BCUT2D eigenvalue weighted by molar-refractivity contribution is -0.390. The van der Waals surface area contributed by atoms with E-state index in [9.17, 15) is 27.3 Å². The highest BCUT2D eigenvalue weighted by atomic mass is 32.2. The van der Waals surface area contributed by atoms with E-state index in [-0.39, 0.29) is 5.82 Å². The Hall–Kier alpha value is -2.62. The first-order valence-corrected chi connectivity index (χ1v) is 6.87. The number of nitro benzene ring substituents is 1. The maximum Gasteiger partial charge on any atom is 0.325 e. The van der Waals surface area contributed by atoms with Crippen molar-refractivity contribution in [3.8, 4) is 0 Å². The van der Waals surface area contributed by atoms with E-state index in [1.807, 2.05) is 4.72 Å². The number of halogens is 2. The van der Waals surface area contributed by atoms with E-state index in [1.54, 1.807) is 0 Å². The number of hydrogen-bond acceptors (Lipinski definition) is 5. The van der Waals surface area contributed by atoms with Gasteiger partial charge in [0.15, 0.2) is 4.90 Å². The van der Waals surface area contributed by atoms with Crippen molar-refractivity contribution < 1.29 is 22.1 Å². The fraction of sp³-hybridized carbons (Fsp3) is 0. The van der Waals surface area contributed by atoms with Gasteiger partial charge in [0.25, 0.3) is 10.0 Å². The Morgan fingerprint density at radius 1 is 1.19 bits per heavy atom. The standard InChI is InChI=1S/C11H7F2N3O4S/c12-7-4-5-10(14-6-7)15-21(19,20)9-3-1-2-8(13)11(9)16(17)18/h1-6H,(H,14,15). The zero-order valence-corrected chi connectivity index (χ0v) is 11.0. The molecular formula is C11H7F2N3O4S. The van der Waals surface area contributed by atoms with Gasteiger partial charge in [-0.2, -0.15) is 4.39 Å². The Morgan fingerprint density at radius 3 is 2.48 bits per heavy atom. The molecule has 0 spiro atoms. The minimum atomic E-state index is -4.44. The number of benzene rings is 1. The van der Waals surface area contributed by atoms with Crippen molar-refractivity contribution in [3.63, 3.8) is 0 Å². The Labute approximate surface area is 117 Å². The summed E-state index contributed by atoms with van der Waals surface area (Å²) in [6.07, 6.45) is 0.762. The SMILES string of the molecule is O=[N+]([O-])c1c(F)cccc1S(=O)(=O)Nc1ccc(F)cn1. The van der Waals surface area contributed by atoms with Crippen LogP contribution in [0.5, 0.6) is 0 Å². The van der Waals surface area contributed by atoms with E-state index < -0.39 is 37.2 Å². The normalized spacial score (nSPS) is 11.1.